The molecule has 0 radical (unpaired) electrons. The molecule has 174 valence electrons. The second-order valence-corrected chi connectivity index (χ2v) is 9.12. The van der Waals surface area contributed by atoms with Crippen molar-refractivity contribution in [3.05, 3.63) is 122 Å². The first-order chi connectivity index (χ1) is 17.1. The van der Waals surface area contributed by atoms with Gasteiger partial charge in [0, 0.05) is 23.0 Å². The summed E-state index contributed by atoms with van der Waals surface area (Å²) < 4.78 is 5.42. The molecule has 0 N–H and O–H groups in total. The van der Waals surface area contributed by atoms with Gasteiger partial charge in [0.1, 0.15) is 5.69 Å². The molecule has 0 spiro atoms. The average Bonchev–Trinajstić information content (AvgIpc) is 3.38. The lowest BCUT2D eigenvalue weighted by molar-refractivity contribution is 0.630. The van der Waals surface area contributed by atoms with Crippen LogP contribution in [0, 0.1) is 6.92 Å². The number of benzene rings is 3. The van der Waals surface area contributed by atoms with E-state index in [4.69, 9.17) is 11.6 Å². The highest BCUT2D eigenvalue weighted by atomic mass is 35.5. The summed E-state index contributed by atoms with van der Waals surface area (Å²) in [6.07, 6.45) is 1.62. The lowest BCUT2D eigenvalue weighted by Crippen LogP contribution is -2.24. The normalized spacial score (nSPS) is 12.0. The lowest BCUT2D eigenvalue weighted by atomic mass is 10.1. The van der Waals surface area contributed by atoms with Crippen molar-refractivity contribution in [3.8, 4) is 22.6 Å². The SMILES string of the molecule is Cc1c(-n2c(-c3ccccc3)cs/c2=N\N=C\c2ccccc2Cl)c(=O)n(-c2ccccc2)n1C. The van der Waals surface area contributed by atoms with Gasteiger partial charge in [-0.05, 0) is 30.7 Å². The van der Waals surface area contributed by atoms with E-state index < -0.39 is 0 Å². The van der Waals surface area contributed by atoms with E-state index in [1.54, 1.807) is 17.0 Å². The van der Waals surface area contributed by atoms with Crippen LogP contribution in [0.25, 0.3) is 22.6 Å². The van der Waals surface area contributed by atoms with E-state index in [1.165, 1.54) is 11.3 Å². The molecule has 2 heterocycles. The minimum absolute atomic E-state index is 0.136. The average molecular weight is 500 g/mol. The minimum Gasteiger partial charge on any atom is -0.283 e. The van der Waals surface area contributed by atoms with Gasteiger partial charge in [-0.15, -0.1) is 16.4 Å². The molecule has 0 aliphatic rings. The molecular weight excluding hydrogens is 478 g/mol. The second kappa shape index (κ2) is 9.74. The fraction of sp³-hybridized carbons (Fsp3) is 0.0741. The van der Waals surface area contributed by atoms with Crippen molar-refractivity contribution in [1.29, 1.82) is 0 Å². The van der Waals surface area contributed by atoms with Crippen LogP contribution < -0.4 is 10.4 Å². The van der Waals surface area contributed by atoms with Gasteiger partial charge in [0.2, 0.25) is 4.80 Å². The Morgan fingerprint density at radius 2 is 1.57 bits per heavy atom. The largest absolute Gasteiger partial charge is 0.296 e. The summed E-state index contributed by atoms with van der Waals surface area (Å²) in [5.74, 6) is 0. The monoisotopic (exact) mass is 499 g/mol. The van der Waals surface area contributed by atoms with Crippen LogP contribution in [0.1, 0.15) is 11.3 Å². The summed E-state index contributed by atoms with van der Waals surface area (Å²) in [5, 5.41) is 11.4. The van der Waals surface area contributed by atoms with Crippen molar-refractivity contribution in [3.63, 3.8) is 0 Å². The zero-order valence-corrected chi connectivity index (χ0v) is 20.7. The van der Waals surface area contributed by atoms with E-state index >= 15 is 0 Å². The van der Waals surface area contributed by atoms with Crippen LogP contribution in [0.15, 0.2) is 105 Å². The van der Waals surface area contributed by atoms with E-state index in [1.807, 2.05) is 107 Å². The van der Waals surface area contributed by atoms with Crippen LogP contribution >= 0.6 is 22.9 Å². The maximum absolute atomic E-state index is 13.8. The smallest absolute Gasteiger partial charge is 0.283 e. The molecule has 8 heteroatoms. The number of thiazole rings is 1. The quantitative estimate of drug-likeness (QED) is 0.229. The molecule has 5 aromatic rings. The number of halogens is 1. The third-order valence-corrected chi connectivity index (χ3v) is 6.93. The number of aromatic nitrogens is 3. The van der Waals surface area contributed by atoms with Gasteiger partial charge in [-0.2, -0.15) is 5.10 Å². The van der Waals surface area contributed by atoms with Gasteiger partial charge >= 0.3 is 0 Å². The predicted molar refractivity (Wildman–Crippen MR) is 143 cm³/mol. The summed E-state index contributed by atoms with van der Waals surface area (Å²) in [6, 6.07) is 27.0. The summed E-state index contributed by atoms with van der Waals surface area (Å²) in [5.41, 5.74) is 4.62. The molecule has 0 fully saturated rings. The van der Waals surface area contributed by atoms with E-state index in [0.29, 0.717) is 15.5 Å². The molecular formula is C27H22ClN5OS. The molecule has 0 saturated carbocycles. The Morgan fingerprint density at radius 3 is 2.29 bits per heavy atom. The molecule has 0 bridgehead atoms. The van der Waals surface area contributed by atoms with Crippen molar-refractivity contribution < 1.29 is 0 Å². The van der Waals surface area contributed by atoms with Gasteiger partial charge in [0.15, 0.2) is 0 Å². The lowest BCUT2D eigenvalue weighted by Gasteiger charge is -2.08. The molecule has 2 aromatic heterocycles. The molecule has 6 nitrogen and oxygen atoms in total. The van der Waals surface area contributed by atoms with E-state index in [2.05, 4.69) is 10.2 Å². The zero-order chi connectivity index (χ0) is 24.4. The molecule has 0 amide bonds. The van der Waals surface area contributed by atoms with Gasteiger partial charge in [-0.3, -0.25) is 14.0 Å². The molecule has 0 aliphatic carbocycles. The Balaban J connectivity index is 1.74. The first-order valence-electron chi connectivity index (χ1n) is 11.0. The topological polar surface area (TPSA) is 56.6 Å². The van der Waals surface area contributed by atoms with Crippen LogP contribution in [0.5, 0.6) is 0 Å². The van der Waals surface area contributed by atoms with Crippen molar-refractivity contribution in [2.45, 2.75) is 6.92 Å². The number of nitrogens with zero attached hydrogens (tertiary/aromatic N) is 5. The second-order valence-electron chi connectivity index (χ2n) is 7.88. The Hall–Kier alpha value is -3.94. The van der Waals surface area contributed by atoms with Crippen LogP contribution in [-0.4, -0.2) is 20.1 Å². The van der Waals surface area contributed by atoms with Crippen LogP contribution in [0.4, 0.5) is 0 Å². The summed E-state index contributed by atoms with van der Waals surface area (Å²) in [6.45, 7) is 1.94. The third kappa shape index (κ3) is 4.32. The number of hydrogen-bond acceptors (Lipinski definition) is 4. The van der Waals surface area contributed by atoms with Crippen LogP contribution in [0.2, 0.25) is 5.02 Å². The van der Waals surface area contributed by atoms with Crippen LogP contribution in [0.3, 0.4) is 0 Å². The van der Waals surface area contributed by atoms with Gasteiger partial charge in [-0.1, -0.05) is 78.3 Å². The van der Waals surface area contributed by atoms with Crippen molar-refractivity contribution >= 4 is 29.2 Å². The highest BCUT2D eigenvalue weighted by Crippen LogP contribution is 2.24. The van der Waals surface area contributed by atoms with Gasteiger partial charge in [0.05, 0.1) is 23.3 Å². The number of hydrogen-bond donors (Lipinski definition) is 0. The Labute approximate surface area is 211 Å². The predicted octanol–water partition coefficient (Wildman–Crippen LogP) is 5.59. The van der Waals surface area contributed by atoms with Gasteiger partial charge < -0.3 is 0 Å². The molecule has 5 rings (SSSR count). The molecule has 0 aliphatic heterocycles. The Bertz CT molecular complexity index is 1640. The highest BCUT2D eigenvalue weighted by Gasteiger charge is 2.21. The molecule has 3 aromatic carbocycles. The Morgan fingerprint density at radius 1 is 0.914 bits per heavy atom. The number of para-hydroxylation sites is 1. The van der Waals surface area contributed by atoms with Gasteiger partial charge in [0.25, 0.3) is 5.56 Å². The molecule has 0 saturated heterocycles. The third-order valence-electron chi connectivity index (χ3n) is 5.77. The van der Waals surface area contributed by atoms with E-state index in [0.717, 1.165) is 28.2 Å². The van der Waals surface area contributed by atoms with Gasteiger partial charge in [-0.25, -0.2) is 4.68 Å². The number of rotatable bonds is 5. The van der Waals surface area contributed by atoms with Crippen LogP contribution in [-0.2, 0) is 7.05 Å². The molecule has 0 atom stereocenters. The summed E-state index contributed by atoms with van der Waals surface area (Å²) in [4.78, 5) is 14.4. The maximum atomic E-state index is 13.8. The fourth-order valence-electron chi connectivity index (χ4n) is 3.94. The maximum Gasteiger partial charge on any atom is 0.296 e. The van der Waals surface area contributed by atoms with E-state index in [-0.39, 0.29) is 5.56 Å². The first kappa shape index (κ1) is 22.8. The summed E-state index contributed by atoms with van der Waals surface area (Å²) in [7, 11) is 1.88. The standard InChI is InChI=1S/C27H22ClN5OS/c1-19-25(26(34)33(31(19)2)22-14-7-4-8-15-22)32-24(20-11-5-3-6-12-20)18-35-27(32)30-29-17-21-13-9-10-16-23(21)28/h3-18H,1-2H3/b29-17+,30-27-. The van der Waals surface area contributed by atoms with E-state index in [9.17, 15) is 4.79 Å². The van der Waals surface area contributed by atoms with Crippen molar-refractivity contribution in [2.75, 3.05) is 0 Å². The van der Waals surface area contributed by atoms with Crippen molar-refractivity contribution in [2.24, 2.45) is 17.3 Å². The molecule has 35 heavy (non-hydrogen) atoms. The molecule has 0 unspecified atom stereocenters. The summed E-state index contributed by atoms with van der Waals surface area (Å²) >= 11 is 7.68. The minimum atomic E-state index is -0.136. The van der Waals surface area contributed by atoms with Crippen molar-refractivity contribution in [1.82, 2.24) is 13.9 Å². The highest BCUT2D eigenvalue weighted by molar-refractivity contribution is 7.07. The fourth-order valence-corrected chi connectivity index (χ4v) is 4.97. The first-order valence-corrected chi connectivity index (χ1v) is 12.2. The Kier molecular flexibility index (Phi) is 6.35. The zero-order valence-electron chi connectivity index (χ0n) is 19.2.